The van der Waals surface area contributed by atoms with Crippen LogP contribution in [0.25, 0.3) is 0 Å². The normalized spacial score (nSPS) is 29.4. The van der Waals surface area contributed by atoms with Gasteiger partial charge >= 0.3 is 0 Å². The van der Waals surface area contributed by atoms with Crippen LogP contribution in [-0.2, 0) is 9.59 Å². The Labute approximate surface area is 51.6 Å². The van der Waals surface area contributed by atoms with Crippen molar-refractivity contribution < 1.29 is 9.59 Å². The maximum absolute atomic E-state index is 10.5. The number of carbonyl (C=O) groups excluding carboxylic acids is 2. The van der Waals surface area contributed by atoms with Crippen LogP contribution in [0.1, 0.15) is 6.42 Å². The molecule has 1 aliphatic heterocycles. The van der Waals surface area contributed by atoms with Gasteiger partial charge in [0, 0.05) is 0 Å². The Balaban J connectivity index is 2.64. The van der Waals surface area contributed by atoms with Gasteiger partial charge in [-0.15, -0.1) is 0 Å². The monoisotopic (exact) mass is 129 g/mol. The first kappa shape index (κ1) is 5.82. The van der Waals surface area contributed by atoms with E-state index < -0.39 is 0 Å². The van der Waals surface area contributed by atoms with Crippen molar-refractivity contribution in [3.05, 3.63) is 6.92 Å². The van der Waals surface area contributed by atoms with Gasteiger partial charge in [0.15, 0.2) is 10.9 Å². The van der Waals surface area contributed by atoms with E-state index in [9.17, 15) is 9.59 Å². The van der Waals surface area contributed by atoms with Crippen LogP contribution >= 0.6 is 11.8 Å². The van der Waals surface area contributed by atoms with Gasteiger partial charge in [0.1, 0.15) is 0 Å². The fourth-order valence-electron chi connectivity index (χ4n) is 0.522. The Bertz CT molecular complexity index is 141. The number of hydrogen-bond acceptors (Lipinski definition) is 3. The van der Waals surface area contributed by atoms with Crippen LogP contribution in [0, 0.1) is 6.92 Å². The van der Waals surface area contributed by atoms with Crippen molar-refractivity contribution in [1.29, 1.82) is 0 Å². The molecule has 0 aliphatic carbocycles. The number of rotatable bonds is 0. The first-order valence-corrected chi connectivity index (χ1v) is 3.13. The average molecular weight is 129 g/mol. The van der Waals surface area contributed by atoms with Crippen molar-refractivity contribution in [3.63, 3.8) is 0 Å². The number of carbonyl (C=O) groups is 2. The van der Waals surface area contributed by atoms with E-state index in [2.05, 4.69) is 6.92 Å². The van der Waals surface area contributed by atoms with Crippen molar-refractivity contribution >= 4 is 22.7 Å². The Kier molecular flexibility index (Phi) is 1.38. The molecule has 0 bridgehead atoms. The van der Waals surface area contributed by atoms with E-state index in [-0.39, 0.29) is 22.6 Å². The third-order valence-corrected chi connectivity index (χ3v) is 1.91. The van der Waals surface area contributed by atoms with Gasteiger partial charge in [0.2, 0.25) is 0 Å². The molecule has 0 saturated carbocycles. The Morgan fingerprint density at radius 1 is 1.62 bits per heavy atom. The maximum atomic E-state index is 10.5. The molecule has 0 aromatic carbocycles. The van der Waals surface area contributed by atoms with Crippen molar-refractivity contribution in [3.8, 4) is 0 Å². The molecule has 43 valence electrons. The van der Waals surface area contributed by atoms with Crippen molar-refractivity contribution in [2.24, 2.45) is 0 Å². The van der Waals surface area contributed by atoms with Gasteiger partial charge in [-0.2, -0.15) is 0 Å². The summed E-state index contributed by atoms with van der Waals surface area (Å²) in [7, 11) is 0. The lowest BCUT2D eigenvalue weighted by Crippen LogP contribution is -2.03. The summed E-state index contributed by atoms with van der Waals surface area (Å²) in [4.78, 5) is 20.8. The van der Waals surface area contributed by atoms with Crippen LogP contribution in [0.2, 0.25) is 0 Å². The highest BCUT2D eigenvalue weighted by molar-refractivity contribution is 8.15. The van der Waals surface area contributed by atoms with Gasteiger partial charge < -0.3 is 0 Å². The summed E-state index contributed by atoms with van der Waals surface area (Å²) in [5.74, 6) is -0.0417. The SMILES string of the molecule is [CH2]C1SC(=O)CC1=O. The van der Waals surface area contributed by atoms with Crippen LogP contribution in [-0.4, -0.2) is 16.1 Å². The van der Waals surface area contributed by atoms with Crippen molar-refractivity contribution in [2.45, 2.75) is 11.7 Å². The Hall–Kier alpha value is -0.310. The van der Waals surface area contributed by atoms with Gasteiger partial charge in [-0.3, -0.25) is 9.59 Å². The van der Waals surface area contributed by atoms with E-state index in [0.29, 0.717) is 0 Å². The lowest BCUT2D eigenvalue weighted by atomic mass is 10.2. The molecule has 1 saturated heterocycles. The van der Waals surface area contributed by atoms with Crippen molar-refractivity contribution in [1.82, 2.24) is 0 Å². The van der Waals surface area contributed by atoms with Crippen LogP contribution in [0.15, 0.2) is 0 Å². The molecule has 1 heterocycles. The van der Waals surface area contributed by atoms with Crippen LogP contribution in [0.4, 0.5) is 0 Å². The molecule has 1 radical (unpaired) electrons. The molecule has 2 nitrogen and oxygen atoms in total. The second-order valence-corrected chi connectivity index (χ2v) is 2.88. The molecule has 0 N–H and O–H groups in total. The molecular weight excluding hydrogens is 124 g/mol. The van der Waals surface area contributed by atoms with E-state index in [1.807, 2.05) is 0 Å². The number of Topliss-reactive ketones (excluding diaryl/α,β-unsaturated/α-hetero) is 1. The van der Waals surface area contributed by atoms with Crippen LogP contribution in [0.5, 0.6) is 0 Å². The zero-order chi connectivity index (χ0) is 6.15. The van der Waals surface area contributed by atoms with Crippen LogP contribution < -0.4 is 0 Å². The summed E-state index contributed by atoms with van der Waals surface area (Å²) < 4.78 is 0. The lowest BCUT2D eigenvalue weighted by Gasteiger charge is -1.88. The largest absolute Gasteiger partial charge is 0.298 e. The van der Waals surface area contributed by atoms with Gasteiger partial charge in [-0.1, -0.05) is 11.8 Å². The highest BCUT2D eigenvalue weighted by Crippen LogP contribution is 2.23. The highest BCUT2D eigenvalue weighted by Gasteiger charge is 2.27. The summed E-state index contributed by atoms with van der Waals surface area (Å²) in [5, 5.41) is -0.377. The number of thioether (sulfide) groups is 1. The van der Waals surface area contributed by atoms with E-state index in [0.717, 1.165) is 11.8 Å². The second kappa shape index (κ2) is 1.90. The molecular formula is C5H5O2S. The molecule has 1 rings (SSSR count). The van der Waals surface area contributed by atoms with Gasteiger partial charge in [0.05, 0.1) is 11.7 Å². The molecule has 8 heavy (non-hydrogen) atoms. The molecule has 1 aliphatic rings. The molecule has 1 unspecified atom stereocenters. The zero-order valence-electron chi connectivity index (χ0n) is 4.22. The summed E-state index contributed by atoms with van der Waals surface area (Å²) in [6, 6.07) is 0. The fraction of sp³-hybridized carbons (Fsp3) is 0.400. The predicted molar refractivity (Wildman–Crippen MR) is 31.4 cm³/mol. The molecule has 3 heteroatoms. The number of hydrogen-bond donors (Lipinski definition) is 0. The summed E-state index contributed by atoms with van der Waals surface area (Å²) in [6.45, 7) is 3.46. The third-order valence-electron chi connectivity index (χ3n) is 0.951. The Morgan fingerprint density at radius 2 is 2.25 bits per heavy atom. The Morgan fingerprint density at radius 3 is 2.38 bits per heavy atom. The van der Waals surface area contributed by atoms with Crippen LogP contribution in [0.3, 0.4) is 0 Å². The third kappa shape index (κ3) is 0.916. The van der Waals surface area contributed by atoms with E-state index in [4.69, 9.17) is 0 Å². The van der Waals surface area contributed by atoms with Gasteiger partial charge in [-0.05, 0) is 6.92 Å². The van der Waals surface area contributed by atoms with Gasteiger partial charge in [0.25, 0.3) is 0 Å². The summed E-state index contributed by atoms with van der Waals surface area (Å²) in [5.41, 5.74) is 0. The van der Waals surface area contributed by atoms with Crippen molar-refractivity contribution in [2.75, 3.05) is 0 Å². The minimum atomic E-state index is -0.331. The molecule has 0 spiro atoms. The lowest BCUT2D eigenvalue weighted by molar-refractivity contribution is -0.120. The first-order chi connectivity index (χ1) is 3.70. The molecule has 1 atom stereocenters. The number of ketones is 1. The topological polar surface area (TPSA) is 34.1 Å². The molecule has 0 aromatic heterocycles. The highest BCUT2D eigenvalue weighted by atomic mass is 32.2. The quantitative estimate of drug-likeness (QED) is 0.444. The zero-order valence-corrected chi connectivity index (χ0v) is 5.03. The van der Waals surface area contributed by atoms with E-state index >= 15 is 0 Å². The van der Waals surface area contributed by atoms with Gasteiger partial charge in [-0.25, -0.2) is 0 Å². The van der Waals surface area contributed by atoms with E-state index in [1.165, 1.54) is 0 Å². The second-order valence-electron chi connectivity index (χ2n) is 1.62. The first-order valence-electron chi connectivity index (χ1n) is 2.25. The standard InChI is InChI=1S/C5H5O2S/c1-3-4(6)2-5(7)8-3/h3H,1-2H2. The molecule has 1 fully saturated rings. The maximum Gasteiger partial charge on any atom is 0.197 e. The molecule has 0 amide bonds. The summed E-state index contributed by atoms with van der Waals surface area (Å²) >= 11 is 1.03. The average Bonchev–Trinajstić information content (AvgIpc) is 1.85. The summed E-state index contributed by atoms with van der Waals surface area (Å²) in [6.07, 6.45) is 0.0822. The van der Waals surface area contributed by atoms with E-state index in [1.54, 1.807) is 0 Å². The minimum Gasteiger partial charge on any atom is -0.298 e. The molecule has 0 aromatic rings. The smallest absolute Gasteiger partial charge is 0.197 e. The fourth-order valence-corrected chi connectivity index (χ4v) is 1.28. The minimum absolute atomic E-state index is 0.0417. The predicted octanol–water partition coefficient (Wildman–Crippen LogP) is 0.422.